The predicted octanol–water partition coefficient (Wildman–Crippen LogP) is 19.8. The molecule has 0 spiro atoms. The summed E-state index contributed by atoms with van der Waals surface area (Å²) < 4.78 is 0. The molecule has 0 unspecified atom stereocenters. The smallest absolute Gasteiger partial charge is 0.00264 e. The summed E-state index contributed by atoms with van der Waals surface area (Å²) in [5.74, 6) is 0. The molecule has 0 heterocycles. The Bertz CT molecular complexity index is 4410. The summed E-state index contributed by atoms with van der Waals surface area (Å²) in [5.41, 5.74) is 14.6. The predicted molar refractivity (Wildman–Crippen MR) is 302 cm³/mol. The van der Waals surface area contributed by atoms with Gasteiger partial charge >= 0.3 is 0 Å². The van der Waals surface area contributed by atoms with Crippen LogP contribution in [0.2, 0.25) is 0 Å². The molecule has 0 radical (unpaired) electrons. The van der Waals surface area contributed by atoms with Gasteiger partial charge in [-0.15, -0.1) is 0 Å². The third-order valence-corrected chi connectivity index (χ3v) is 14.8. The number of benzene rings is 14. The number of fused-ring (bicyclic) bond motifs is 9. The van der Waals surface area contributed by atoms with E-state index in [1.54, 1.807) is 0 Å². The third kappa shape index (κ3) is 6.84. The van der Waals surface area contributed by atoms with E-state index in [0.717, 1.165) is 0 Å². The van der Waals surface area contributed by atoms with E-state index < -0.39 is 0 Å². The second kappa shape index (κ2) is 16.3. The van der Waals surface area contributed by atoms with E-state index in [0.29, 0.717) is 0 Å². The molecule has 0 atom stereocenters. The molecule has 0 aliphatic heterocycles. The zero-order valence-electron chi connectivity index (χ0n) is 38.4. The Morgan fingerprint density at radius 2 is 0.500 bits per heavy atom. The highest BCUT2D eigenvalue weighted by atomic mass is 14.2. The largest absolute Gasteiger partial charge is 0.0616 e. The van der Waals surface area contributed by atoms with Gasteiger partial charge in [-0.1, -0.05) is 218 Å². The van der Waals surface area contributed by atoms with Crippen molar-refractivity contribution in [3.05, 3.63) is 267 Å². The van der Waals surface area contributed by atoms with Crippen molar-refractivity contribution in [2.24, 2.45) is 0 Å². The highest BCUT2D eigenvalue weighted by Gasteiger charge is 2.16. The maximum atomic E-state index is 2.42. The number of hydrogen-bond acceptors (Lipinski definition) is 0. The zero-order valence-corrected chi connectivity index (χ0v) is 38.4. The summed E-state index contributed by atoms with van der Waals surface area (Å²) in [4.78, 5) is 0. The Balaban J connectivity index is 0.899. The Kier molecular flexibility index (Phi) is 9.32. The van der Waals surface area contributed by atoms with Crippen LogP contribution in [-0.2, 0) is 0 Å². The Morgan fingerprint density at radius 1 is 0.143 bits per heavy atom. The zero-order chi connectivity index (χ0) is 46.1. The van der Waals surface area contributed by atoms with E-state index in [-0.39, 0.29) is 0 Å². The Morgan fingerprint density at radius 3 is 1.10 bits per heavy atom. The first kappa shape index (κ1) is 40.0. The van der Waals surface area contributed by atoms with Gasteiger partial charge in [0.25, 0.3) is 0 Å². The molecule has 0 heteroatoms. The first-order chi connectivity index (χ1) is 34.6. The topological polar surface area (TPSA) is 0 Å². The van der Waals surface area contributed by atoms with E-state index in [1.165, 1.54) is 142 Å². The average Bonchev–Trinajstić information content (AvgIpc) is 3.43. The van der Waals surface area contributed by atoms with Crippen molar-refractivity contribution in [1.29, 1.82) is 0 Å². The highest BCUT2D eigenvalue weighted by molar-refractivity contribution is 6.15. The summed E-state index contributed by atoms with van der Waals surface area (Å²) in [6.45, 7) is 0. The fourth-order valence-electron chi connectivity index (χ4n) is 11.3. The van der Waals surface area contributed by atoms with Gasteiger partial charge in [-0.2, -0.15) is 0 Å². The Labute approximate surface area is 407 Å². The molecule has 0 N–H and O–H groups in total. The van der Waals surface area contributed by atoms with Crippen LogP contribution in [0, 0.1) is 0 Å². The molecule has 0 saturated carbocycles. The van der Waals surface area contributed by atoms with E-state index in [4.69, 9.17) is 0 Å². The maximum absolute atomic E-state index is 2.42. The van der Waals surface area contributed by atoms with Crippen molar-refractivity contribution >= 4 is 75.4 Å². The summed E-state index contributed by atoms with van der Waals surface area (Å²) in [7, 11) is 0. The van der Waals surface area contributed by atoms with Gasteiger partial charge in [-0.25, -0.2) is 0 Å². The van der Waals surface area contributed by atoms with Crippen molar-refractivity contribution in [3.8, 4) is 66.8 Å². The lowest BCUT2D eigenvalue weighted by atomic mass is 9.87. The molecule has 70 heavy (non-hydrogen) atoms. The van der Waals surface area contributed by atoms with Crippen molar-refractivity contribution in [2.75, 3.05) is 0 Å². The summed E-state index contributed by atoms with van der Waals surface area (Å²) in [5, 5.41) is 17.6. The normalized spacial score (nSPS) is 11.7. The molecule has 0 aromatic heterocycles. The van der Waals surface area contributed by atoms with Gasteiger partial charge in [-0.05, 0) is 191 Å². The van der Waals surface area contributed by atoms with Gasteiger partial charge in [0, 0.05) is 0 Å². The van der Waals surface area contributed by atoms with Gasteiger partial charge in [0.2, 0.25) is 0 Å². The first-order valence-electron chi connectivity index (χ1n) is 24.3. The van der Waals surface area contributed by atoms with Crippen LogP contribution in [0.15, 0.2) is 267 Å². The number of hydrogen-bond donors (Lipinski definition) is 0. The standard InChI is InChI=1S/C70H44/c1-4-21-62-45(11-1)14-10-24-65(62)56-19-9-20-60(42-56)70-68-36-33-54(50-17-7-15-48(37-50)52-31-34-66-57(39-52)28-25-46-12-2-5-22-63(46)66)41-61(68)43-59-30-27-55(44-69(59)70)51-18-8-16-49(38-51)53-32-35-67-58(40-53)29-26-47-13-3-6-23-64(47)67/h1-44H. The SMILES string of the molecule is c1cc(-c2ccc3c(-c4cccc(-c5cccc6ccccc56)c4)c4cc(-c5cccc(-c6ccc7c(ccc8ccccc87)c6)c5)ccc4cc3c2)cc(-c2ccc3c(ccc4ccccc43)c2)c1. The molecule has 14 aromatic carbocycles. The van der Waals surface area contributed by atoms with Crippen LogP contribution in [0.1, 0.15) is 0 Å². The third-order valence-electron chi connectivity index (χ3n) is 14.8. The molecule has 14 aromatic rings. The van der Waals surface area contributed by atoms with E-state index in [2.05, 4.69) is 267 Å². The molecule has 0 aliphatic rings. The summed E-state index contributed by atoms with van der Waals surface area (Å²) in [6, 6.07) is 99.2. The van der Waals surface area contributed by atoms with Crippen molar-refractivity contribution in [1.82, 2.24) is 0 Å². The minimum absolute atomic E-state index is 1.20. The minimum atomic E-state index is 1.20. The summed E-state index contributed by atoms with van der Waals surface area (Å²) >= 11 is 0. The highest BCUT2D eigenvalue weighted by Crippen LogP contribution is 2.43. The Hall–Kier alpha value is -9.10. The average molecular weight is 885 g/mol. The number of rotatable bonds is 6. The van der Waals surface area contributed by atoms with Crippen molar-refractivity contribution < 1.29 is 0 Å². The van der Waals surface area contributed by atoms with Gasteiger partial charge in [0.1, 0.15) is 0 Å². The molecule has 0 bridgehead atoms. The van der Waals surface area contributed by atoms with Gasteiger partial charge < -0.3 is 0 Å². The molecule has 0 amide bonds. The van der Waals surface area contributed by atoms with Crippen LogP contribution in [-0.4, -0.2) is 0 Å². The van der Waals surface area contributed by atoms with Crippen LogP contribution < -0.4 is 0 Å². The van der Waals surface area contributed by atoms with Crippen molar-refractivity contribution in [2.45, 2.75) is 0 Å². The van der Waals surface area contributed by atoms with Crippen LogP contribution in [0.4, 0.5) is 0 Å². The van der Waals surface area contributed by atoms with Crippen LogP contribution >= 0.6 is 0 Å². The maximum Gasteiger partial charge on any atom is -0.00264 e. The molecule has 14 rings (SSSR count). The monoisotopic (exact) mass is 884 g/mol. The van der Waals surface area contributed by atoms with E-state index >= 15 is 0 Å². The lowest BCUT2D eigenvalue weighted by molar-refractivity contribution is 1.60. The first-order valence-corrected chi connectivity index (χ1v) is 24.3. The quantitative estimate of drug-likeness (QED) is 0.115. The molecule has 0 nitrogen and oxygen atoms in total. The summed E-state index contributed by atoms with van der Waals surface area (Å²) in [6.07, 6.45) is 0. The van der Waals surface area contributed by atoms with E-state index in [1.807, 2.05) is 0 Å². The van der Waals surface area contributed by atoms with Crippen LogP contribution in [0.25, 0.3) is 142 Å². The molecular weight excluding hydrogens is 841 g/mol. The fraction of sp³-hybridized carbons (Fsp3) is 0. The molecular formula is C70H44. The molecule has 0 aliphatic carbocycles. The van der Waals surface area contributed by atoms with Gasteiger partial charge in [0.05, 0.1) is 0 Å². The van der Waals surface area contributed by atoms with E-state index in [9.17, 15) is 0 Å². The molecule has 0 saturated heterocycles. The second-order valence-corrected chi connectivity index (χ2v) is 18.8. The minimum Gasteiger partial charge on any atom is -0.0616 e. The molecule has 324 valence electrons. The van der Waals surface area contributed by atoms with Gasteiger partial charge in [0.15, 0.2) is 0 Å². The van der Waals surface area contributed by atoms with Gasteiger partial charge in [-0.3, -0.25) is 0 Å². The van der Waals surface area contributed by atoms with Crippen LogP contribution in [0.3, 0.4) is 0 Å². The van der Waals surface area contributed by atoms with Crippen molar-refractivity contribution in [3.63, 3.8) is 0 Å². The lowest BCUT2D eigenvalue weighted by Crippen LogP contribution is -1.90. The van der Waals surface area contributed by atoms with Crippen LogP contribution in [0.5, 0.6) is 0 Å². The second-order valence-electron chi connectivity index (χ2n) is 18.8. The molecule has 0 fully saturated rings. The fourth-order valence-corrected chi connectivity index (χ4v) is 11.3. The lowest BCUT2D eigenvalue weighted by Gasteiger charge is -2.16.